The van der Waals surface area contributed by atoms with E-state index in [1.165, 1.54) is 0 Å². The van der Waals surface area contributed by atoms with Gasteiger partial charge in [-0.1, -0.05) is 30.3 Å². The molecule has 1 aliphatic rings. The first-order chi connectivity index (χ1) is 8.24. The molecule has 92 valence electrons. The number of alkyl halides is 1. The van der Waals surface area contributed by atoms with Crippen molar-refractivity contribution in [3.05, 3.63) is 35.9 Å². The number of hydrogen-bond acceptors (Lipinski definition) is 1. The van der Waals surface area contributed by atoms with Gasteiger partial charge in [0.05, 0.1) is 5.92 Å². The zero-order valence-electron chi connectivity index (χ0n) is 10.1. The maximum atomic E-state index is 12.4. The van der Waals surface area contributed by atoms with Gasteiger partial charge in [-0.05, 0) is 25.3 Å². The molecule has 1 atom stereocenters. The Morgan fingerprint density at radius 2 is 2.06 bits per heavy atom. The molecule has 2 nitrogen and oxygen atoms in total. The standard InChI is InChI=1S/C14H18ClNO/c1-11(12-5-3-2-4-6-12)14(17)16(10-9-15)13-7-8-13/h2-6,11,13H,7-10H2,1H3. The van der Waals surface area contributed by atoms with E-state index in [0.29, 0.717) is 18.5 Å². The summed E-state index contributed by atoms with van der Waals surface area (Å²) in [6, 6.07) is 10.4. The van der Waals surface area contributed by atoms with Crippen LogP contribution >= 0.6 is 11.6 Å². The normalized spacial score (nSPS) is 16.6. The number of carbonyl (C=O) groups excluding carboxylic acids is 1. The highest BCUT2D eigenvalue weighted by atomic mass is 35.5. The van der Waals surface area contributed by atoms with E-state index in [1.54, 1.807) is 0 Å². The van der Waals surface area contributed by atoms with Crippen molar-refractivity contribution in [2.45, 2.75) is 31.7 Å². The van der Waals surface area contributed by atoms with E-state index >= 15 is 0 Å². The third-order valence-electron chi connectivity index (χ3n) is 3.27. The maximum Gasteiger partial charge on any atom is 0.230 e. The Morgan fingerprint density at radius 3 is 2.59 bits per heavy atom. The first-order valence-electron chi connectivity index (χ1n) is 6.15. The quantitative estimate of drug-likeness (QED) is 0.737. The zero-order chi connectivity index (χ0) is 12.3. The van der Waals surface area contributed by atoms with Crippen LogP contribution in [0, 0.1) is 0 Å². The van der Waals surface area contributed by atoms with E-state index < -0.39 is 0 Å². The lowest BCUT2D eigenvalue weighted by Crippen LogP contribution is -2.37. The van der Waals surface area contributed by atoms with Crippen LogP contribution in [0.1, 0.15) is 31.2 Å². The van der Waals surface area contributed by atoms with Crippen molar-refractivity contribution in [3.63, 3.8) is 0 Å². The van der Waals surface area contributed by atoms with E-state index in [0.717, 1.165) is 18.4 Å². The molecule has 1 aromatic carbocycles. The molecule has 0 spiro atoms. The van der Waals surface area contributed by atoms with E-state index in [2.05, 4.69) is 0 Å². The van der Waals surface area contributed by atoms with Gasteiger partial charge in [-0.2, -0.15) is 0 Å². The fraction of sp³-hybridized carbons (Fsp3) is 0.500. The summed E-state index contributed by atoms with van der Waals surface area (Å²) in [5.74, 6) is 0.656. The van der Waals surface area contributed by atoms with Gasteiger partial charge >= 0.3 is 0 Å². The Labute approximate surface area is 108 Å². The average Bonchev–Trinajstić information content (AvgIpc) is 3.19. The summed E-state index contributed by atoms with van der Waals surface area (Å²) >= 11 is 5.77. The van der Waals surface area contributed by atoms with Crippen LogP contribution in [-0.2, 0) is 4.79 Å². The SMILES string of the molecule is CC(C(=O)N(CCCl)C1CC1)c1ccccc1. The molecule has 1 aliphatic carbocycles. The van der Waals surface area contributed by atoms with Crippen molar-refractivity contribution >= 4 is 17.5 Å². The van der Waals surface area contributed by atoms with Gasteiger partial charge in [0.25, 0.3) is 0 Å². The molecule has 0 saturated heterocycles. The van der Waals surface area contributed by atoms with E-state index in [4.69, 9.17) is 11.6 Å². The van der Waals surface area contributed by atoms with E-state index in [-0.39, 0.29) is 11.8 Å². The summed E-state index contributed by atoms with van der Waals surface area (Å²) in [5, 5.41) is 0. The summed E-state index contributed by atoms with van der Waals surface area (Å²) in [7, 11) is 0. The molecule has 0 heterocycles. The third kappa shape index (κ3) is 3.01. The second kappa shape index (κ2) is 5.54. The monoisotopic (exact) mass is 251 g/mol. The fourth-order valence-electron chi connectivity index (χ4n) is 2.08. The van der Waals surface area contributed by atoms with Crippen molar-refractivity contribution in [2.24, 2.45) is 0 Å². The predicted molar refractivity (Wildman–Crippen MR) is 70.3 cm³/mol. The number of amides is 1. The molecule has 1 fully saturated rings. The Hall–Kier alpha value is -1.02. The lowest BCUT2D eigenvalue weighted by Gasteiger charge is -2.25. The first-order valence-corrected chi connectivity index (χ1v) is 6.69. The predicted octanol–water partition coefficient (Wildman–Crippen LogP) is 3.02. The van der Waals surface area contributed by atoms with Crippen LogP contribution in [0.5, 0.6) is 0 Å². The number of hydrogen-bond donors (Lipinski definition) is 0. The Bertz CT molecular complexity index is 375. The number of halogens is 1. The molecule has 1 amide bonds. The molecule has 0 bridgehead atoms. The van der Waals surface area contributed by atoms with Crippen molar-refractivity contribution in [2.75, 3.05) is 12.4 Å². The van der Waals surface area contributed by atoms with Crippen LogP contribution in [0.2, 0.25) is 0 Å². The Kier molecular flexibility index (Phi) is 4.06. The summed E-state index contributed by atoms with van der Waals surface area (Å²) in [6.07, 6.45) is 2.26. The van der Waals surface area contributed by atoms with Crippen molar-refractivity contribution in [3.8, 4) is 0 Å². The summed E-state index contributed by atoms with van der Waals surface area (Å²) in [4.78, 5) is 14.3. The van der Waals surface area contributed by atoms with Crippen LogP contribution in [0.15, 0.2) is 30.3 Å². The van der Waals surface area contributed by atoms with Crippen molar-refractivity contribution in [1.82, 2.24) is 4.90 Å². The number of carbonyl (C=O) groups is 1. The van der Waals surface area contributed by atoms with Crippen molar-refractivity contribution in [1.29, 1.82) is 0 Å². The summed E-state index contributed by atoms with van der Waals surface area (Å²) < 4.78 is 0. The van der Waals surface area contributed by atoms with Crippen LogP contribution in [0.4, 0.5) is 0 Å². The molecular formula is C14H18ClNO. The first kappa shape index (κ1) is 12.4. The molecular weight excluding hydrogens is 234 g/mol. The minimum absolute atomic E-state index is 0.0694. The second-order valence-electron chi connectivity index (χ2n) is 4.58. The molecule has 0 radical (unpaired) electrons. The number of nitrogens with zero attached hydrogens (tertiary/aromatic N) is 1. The topological polar surface area (TPSA) is 20.3 Å². The molecule has 0 aliphatic heterocycles. The van der Waals surface area contributed by atoms with Crippen molar-refractivity contribution < 1.29 is 4.79 Å². The van der Waals surface area contributed by atoms with Gasteiger partial charge in [0, 0.05) is 18.5 Å². The minimum Gasteiger partial charge on any atom is -0.338 e. The molecule has 3 heteroatoms. The Balaban J connectivity index is 2.07. The van der Waals surface area contributed by atoms with Crippen LogP contribution < -0.4 is 0 Å². The van der Waals surface area contributed by atoms with Gasteiger partial charge in [0.15, 0.2) is 0 Å². The average molecular weight is 252 g/mol. The summed E-state index contributed by atoms with van der Waals surface area (Å²) in [5.41, 5.74) is 1.08. The van der Waals surface area contributed by atoms with Crippen LogP contribution in [0.3, 0.4) is 0 Å². The molecule has 0 N–H and O–H groups in total. The molecule has 17 heavy (non-hydrogen) atoms. The van der Waals surface area contributed by atoms with Gasteiger partial charge in [0.1, 0.15) is 0 Å². The molecule has 1 saturated carbocycles. The smallest absolute Gasteiger partial charge is 0.230 e. The Morgan fingerprint density at radius 1 is 1.41 bits per heavy atom. The van der Waals surface area contributed by atoms with Gasteiger partial charge in [0.2, 0.25) is 5.91 Å². The molecule has 1 unspecified atom stereocenters. The number of rotatable bonds is 5. The lowest BCUT2D eigenvalue weighted by molar-refractivity contribution is -0.132. The lowest BCUT2D eigenvalue weighted by atomic mass is 10.00. The third-order valence-corrected chi connectivity index (χ3v) is 3.44. The van der Waals surface area contributed by atoms with Gasteiger partial charge in [-0.15, -0.1) is 11.6 Å². The van der Waals surface area contributed by atoms with Gasteiger partial charge in [-0.25, -0.2) is 0 Å². The zero-order valence-corrected chi connectivity index (χ0v) is 10.9. The van der Waals surface area contributed by atoms with Crippen LogP contribution in [-0.4, -0.2) is 29.3 Å². The van der Waals surface area contributed by atoms with E-state index in [1.807, 2.05) is 42.2 Å². The van der Waals surface area contributed by atoms with Crippen LogP contribution in [0.25, 0.3) is 0 Å². The highest BCUT2D eigenvalue weighted by molar-refractivity contribution is 6.18. The second-order valence-corrected chi connectivity index (χ2v) is 4.96. The van der Waals surface area contributed by atoms with Gasteiger partial charge < -0.3 is 4.90 Å². The molecule has 0 aromatic heterocycles. The van der Waals surface area contributed by atoms with Gasteiger partial charge in [-0.3, -0.25) is 4.79 Å². The fourth-order valence-corrected chi connectivity index (χ4v) is 2.27. The summed E-state index contributed by atoms with van der Waals surface area (Å²) in [6.45, 7) is 2.64. The molecule has 1 aromatic rings. The molecule has 2 rings (SSSR count). The minimum atomic E-state index is -0.0694. The highest BCUT2D eigenvalue weighted by Gasteiger charge is 2.34. The maximum absolute atomic E-state index is 12.4. The number of benzene rings is 1. The highest BCUT2D eigenvalue weighted by Crippen LogP contribution is 2.30. The largest absolute Gasteiger partial charge is 0.338 e. The van der Waals surface area contributed by atoms with E-state index in [9.17, 15) is 4.79 Å².